The Balaban J connectivity index is 2.04. The predicted octanol–water partition coefficient (Wildman–Crippen LogP) is 1.02. The summed E-state index contributed by atoms with van der Waals surface area (Å²) < 4.78 is 5.77. The standard InChI is InChI=1S/C18H26N4O4/c1-3-9-19-17(24)15-11-22(13-7-5-6-8-14(13)26-15)12-16(23)21-18(25)20-10-4-2/h5-8,15H,3-4,9-12H2,1-2H3,(H,19,24)(H2,20,21,23,25)/t15-/m1/s1. The number of hydrogen-bond donors (Lipinski definition) is 3. The minimum atomic E-state index is -0.710. The summed E-state index contributed by atoms with van der Waals surface area (Å²) in [5.74, 6) is -0.117. The van der Waals surface area contributed by atoms with Crippen LogP contribution in [0.4, 0.5) is 10.5 Å². The molecule has 8 heteroatoms. The molecule has 0 radical (unpaired) electrons. The molecule has 0 fully saturated rings. The third-order valence-electron chi connectivity index (χ3n) is 3.83. The van der Waals surface area contributed by atoms with Gasteiger partial charge in [0.05, 0.1) is 18.8 Å². The lowest BCUT2D eigenvalue weighted by molar-refractivity contribution is -0.128. The molecule has 0 aliphatic carbocycles. The largest absolute Gasteiger partial charge is 0.477 e. The zero-order chi connectivity index (χ0) is 18.9. The summed E-state index contributed by atoms with van der Waals surface area (Å²) in [6, 6.07) is 6.70. The van der Waals surface area contributed by atoms with Crippen molar-refractivity contribution in [1.29, 1.82) is 0 Å². The van der Waals surface area contributed by atoms with Crippen molar-refractivity contribution in [1.82, 2.24) is 16.0 Å². The summed E-state index contributed by atoms with van der Waals surface area (Å²) >= 11 is 0. The Morgan fingerprint density at radius 3 is 2.54 bits per heavy atom. The van der Waals surface area contributed by atoms with Crippen molar-refractivity contribution in [3.05, 3.63) is 24.3 Å². The summed E-state index contributed by atoms with van der Waals surface area (Å²) in [5.41, 5.74) is 0.719. The van der Waals surface area contributed by atoms with Crippen LogP contribution < -0.4 is 25.6 Å². The Morgan fingerprint density at radius 1 is 1.12 bits per heavy atom. The number of rotatable bonds is 7. The first-order chi connectivity index (χ1) is 12.5. The van der Waals surface area contributed by atoms with Crippen LogP contribution in [0.2, 0.25) is 0 Å². The van der Waals surface area contributed by atoms with Gasteiger partial charge in [-0.3, -0.25) is 14.9 Å². The lowest BCUT2D eigenvalue weighted by Crippen LogP contribution is -2.52. The van der Waals surface area contributed by atoms with Crippen LogP contribution in [0.25, 0.3) is 0 Å². The Hall–Kier alpha value is -2.77. The molecule has 0 unspecified atom stereocenters. The van der Waals surface area contributed by atoms with E-state index in [4.69, 9.17) is 4.74 Å². The third-order valence-corrected chi connectivity index (χ3v) is 3.83. The molecule has 0 bridgehead atoms. The van der Waals surface area contributed by atoms with E-state index in [9.17, 15) is 14.4 Å². The van der Waals surface area contributed by atoms with Crippen molar-refractivity contribution in [3.63, 3.8) is 0 Å². The summed E-state index contributed by atoms with van der Waals surface area (Å²) in [6.07, 6.45) is 0.902. The Labute approximate surface area is 153 Å². The van der Waals surface area contributed by atoms with Gasteiger partial charge in [-0.1, -0.05) is 26.0 Å². The van der Waals surface area contributed by atoms with E-state index in [0.717, 1.165) is 18.5 Å². The van der Waals surface area contributed by atoms with Crippen LogP contribution in [-0.2, 0) is 9.59 Å². The van der Waals surface area contributed by atoms with Crippen molar-refractivity contribution < 1.29 is 19.1 Å². The highest BCUT2D eigenvalue weighted by Gasteiger charge is 2.31. The quantitative estimate of drug-likeness (QED) is 0.672. The summed E-state index contributed by atoms with van der Waals surface area (Å²) in [5, 5.41) is 7.70. The molecule has 0 spiro atoms. The number of para-hydroxylation sites is 2. The number of nitrogens with zero attached hydrogens (tertiary/aromatic N) is 1. The third kappa shape index (κ3) is 5.37. The van der Waals surface area contributed by atoms with E-state index in [1.165, 1.54) is 0 Å². The summed E-state index contributed by atoms with van der Waals surface area (Å²) in [6.45, 7) is 5.15. The number of carbonyl (C=O) groups excluding carboxylic acids is 3. The molecule has 0 saturated heterocycles. The van der Waals surface area contributed by atoms with Gasteiger partial charge in [0.25, 0.3) is 5.91 Å². The topological polar surface area (TPSA) is 99.8 Å². The molecule has 4 amide bonds. The number of ether oxygens (including phenoxy) is 1. The highest BCUT2D eigenvalue weighted by molar-refractivity contribution is 5.97. The average Bonchev–Trinajstić information content (AvgIpc) is 2.64. The highest BCUT2D eigenvalue weighted by atomic mass is 16.5. The molecule has 1 atom stereocenters. The van der Waals surface area contributed by atoms with Gasteiger partial charge in [-0.25, -0.2) is 4.79 Å². The fourth-order valence-corrected chi connectivity index (χ4v) is 2.58. The first-order valence-corrected chi connectivity index (χ1v) is 8.91. The van der Waals surface area contributed by atoms with Crippen molar-refractivity contribution >= 4 is 23.5 Å². The second-order valence-corrected chi connectivity index (χ2v) is 6.05. The van der Waals surface area contributed by atoms with E-state index >= 15 is 0 Å². The highest BCUT2D eigenvalue weighted by Crippen LogP contribution is 2.32. The van der Waals surface area contributed by atoms with Gasteiger partial charge >= 0.3 is 6.03 Å². The van der Waals surface area contributed by atoms with Crippen LogP contribution >= 0.6 is 0 Å². The molecule has 1 heterocycles. The van der Waals surface area contributed by atoms with Gasteiger partial charge in [0, 0.05) is 13.1 Å². The number of hydrogen-bond acceptors (Lipinski definition) is 5. The van der Waals surface area contributed by atoms with Crippen molar-refractivity contribution in [2.75, 3.05) is 31.1 Å². The first-order valence-electron chi connectivity index (χ1n) is 8.91. The zero-order valence-corrected chi connectivity index (χ0v) is 15.2. The van der Waals surface area contributed by atoms with Crippen molar-refractivity contribution in [3.8, 4) is 5.75 Å². The first kappa shape index (κ1) is 19.6. The molecule has 1 aliphatic rings. The lowest BCUT2D eigenvalue weighted by atomic mass is 10.1. The van der Waals surface area contributed by atoms with Crippen LogP contribution in [-0.4, -0.2) is 50.1 Å². The van der Waals surface area contributed by atoms with Crippen molar-refractivity contribution in [2.24, 2.45) is 0 Å². The van der Waals surface area contributed by atoms with E-state index in [1.807, 2.05) is 32.0 Å². The number of nitrogens with one attached hydrogen (secondary N) is 3. The van der Waals surface area contributed by atoms with E-state index in [1.54, 1.807) is 11.0 Å². The normalized spacial score (nSPS) is 15.5. The van der Waals surface area contributed by atoms with Crippen molar-refractivity contribution in [2.45, 2.75) is 32.8 Å². The molecule has 0 saturated carbocycles. The van der Waals surface area contributed by atoms with E-state index in [-0.39, 0.29) is 19.0 Å². The molecule has 1 aliphatic heterocycles. The van der Waals surface area contributed by atoms with E-state index in [0.29, 0.717) is 18.8 Å². The Morgan fingerprint density at radius 2 is 1.81 bits per heavy atom. The summed E-state index contributed by atoms with van der Waals surface area (Å²) in [4.78, 5) is 37.8. The maximum atomic E-state index is 12.3. The second kappa shape index (κ2) is 9.65. The molecule has 26 heavy (non-hydrogen) atoms. The number of anilines is 1. The Kier molecular flexibility index (Phi) is 7.25. The molecule has 1 aromatic rings. The predicted molar refractivity (Wildman–Crippen MR) is 98.2 cm³/mol. The maximum absolute atomic E-state index is 12.3. The fourth-order valence-electron chi connectivity index (χ4n) is 2.58. The van der Waals surface area contributed by atoms with Crippen LogP contribution in [0.3, 0.4) is 0 Å². The van der Waals surface area contributed by atoms with Crippen LogP contribution in [0.15, 0.2) is 24.3 Å². The number of amides is 4. The van der Waals surface area contributed by atoms with Gasteiger partial charge in [-0.15, -0.1) is 0 Å². The molecule has 142 valence electrons. The molecule has 3 N–H and O–H groups in total. The van der Waals surface area contributed by atoms with Crippen LogP contribution in [0, 0.1) is 0 Å². The van der Waals surface area contributed by atoms with Gasteiger partial charge in [-0.2, -0.15) is 0 Å². The lowest BCUT2D eigenvalue weighted by Gasteiger charge is -2.35. The Bertz CT molecular complexity index is 650. The number of benzene rings is 1. The van der Waals surface area contributed by atoms with Gasteiger partial charge < -0.3 is 20.3 Å². The van der Waals surface area contributed by atoms with Gasteiger partial charge in [0.15, 0.2) is 6.10 Å². The monoisotopic (exact) mass is 362 g/mol. The minimum Gasteiger partial charge on any atom is -0.477 e. The second-order valence-electron chi connectivity index (χ2n) is 6.05. The smallest absolute Gasteiger partial charge is 0.321 e. The molecule has 1 aromatic carbocycles. The van der Waals surface area contributed by atoms with Gasteiger partial charge in [0.1, 0.15) is 5.75 Å². The SMILES string of the molecule is CCCNC(=O)NC(=O)CN1C[C@H](C(=O)NCCC)Oc2ccccc21. The average molecular weight is 362 g/mol. The molecule has 2 rings (SSSR count). The number of carbonyl (C=O) groups is 3. The van der Waals surface area contributed by atoms with Gasteiger partial charge in [0.2, 0.25) is 5.91 Å². The van der Waals surface area contributed by atoms with E-state index in [2.05, 4.69) is 16.0 Å². The number of imide groups is 1. The van der Waals surface area contributed by atoms with E-state index < -0.39 is 18.0 Å². The summed E-state index contributed by atoms with van der Waals surface area (Å²) in [7, 11) is 0. The maximum Gasteiger partial charge on any atom is 0.321 e. The fraction of sp³-hybridized carbons (Fsp3) is 0.500. The number of fused-ring (bicyclic) bond motifs is 1. The molecular weight excluding hydrogens is 336 g/mol. The van der Waals surface area contributed by atoms with Crippen LogP contribution in [0.5, 0.6) is 5.75 Å². The van der Waals surface area contributed by atoms with Crippen LogP contribution in [0.1, 0.15) is 26.7 Å². The minimum absolute atomic E-state index is 0.0442. The van der Waals surface area contributed by atoms with Gasteiger partial charge in [-0.05, 0) is 25.0 Å². The zero-order valence-electron chi connectivity index (χ0n) is 15.2. The molecular formula is C18H26N4O4. The molecule has 0 aromatic heterocycles. The molecule has 8 nitrogen and oxygen atoms in total. The number of urea groups is 1.